The van der Waals surface area contributed by atoms with Gasteiger partial charge in [-0.3, -0.25) is 9.69 Å². The van der Waals surface area contributed by atoms with Crippen molar-refractivity contribution in [3.05, 3.63) is 12.3 Å². The molecule has 0 radical (unpaired) electrons. The molecule has 2 fully saturated rings. The molecule has 0 unspecified atom stereocenters. The van der Waals surface area contributed by atoms with Crippen LogP contribution in [0.2, 0.25) is 0 Å². The molecule has 3 heterocycles. The number of carbonyl (C=O) groups is 2. The number of hydrogen-bond acceptors (Lipinski definition) is 7. The minimum absolute atomic E-state index is 0.0444. The van der Waals surface area contributed by atoms with Gasteiger partial charge in [-0.2, -0.15) is 0 Å². The summed E-state index contributed by atoms with van der Waals surface area (Å²) in [6, 6.07) is 0.129. The van der Waals surface area contributed by atoms with Crippen LogP contribution in [0.4, 0.5) is 4.79 Å². The van der Waals surface area contributed by atoms with Crippen molar-refractivity contribution in [3.8, 4) is 0 Å². The second-order valence-corrected chi connectivity index (χ2v) is 11.2. The van der Waals surface area contributed by atoms with E-state index in [4.69, 9.17) is 5.73 Å². The van der Waals surface area contributed by atoms with Crippen LogP contribution in [0.25, 0.3) is 0 Å². The zero-order valence-corrected chi connectivity index (χ0v) is 22.0. The number of urea groups is 1. The predicted octanol–water partition coefficient (Wildman–Crippen LogP) is 3.10. The summed E-state index contributed by atoms with van der Waals surface area (Å²) < 4.78 is 0. The normalized spacial score (nSPS) is 27.1. The minimum atomic E-state index is -0.243. The Balaban J connectivity index is 1.62. The number of rotatable bonds is 7. The Morgan fingerprint density at radius 3 is 2.79 bits per heavy atom. The van der Waals surface area contributed by atoms with Crippen LogP contribution in [-0.2, 0) is 4.79 Å². The zero-order chi connectivity index (χ0) is 24.5. The third kappa shape index (κ3) is 7.71. The number of unbranched alkanes of at least 4 members (excludes halogenated alkanes) is 1. The van der Waals surface area contributed by atoms with Gasteiger partial charge in [0.05, 0.1) is 5.92 Å². The van der Waals surface area contributed by atoms with E-state index in [2.05, 4.69) is 40.7 Å². The third-order valence-corrected chi connectivity index (χ3v) is 8.21. The molecule has 0 saturated carbocycles. The molecule has 9 heteroatoms. The molecule has 8 nitrogen and oxygen atoms in total. The lowest BCUT2D eigenvalue weighted by Gasteiger charge is -2.43. The van der Waals surface area contributed by atoms with Crippen LogP contribution >= 0.6 is 11.8 Å². The van der Waals surface area contributed by atoms with E-state index in [1.807, 2.05) is 0 Å². The molecular weight excluding hydrogens is 448 g/mol. The highest BCUT2D eigenvalue weighted by Crippen LogP contribution is 2.35. The Labute approximate surface area is 209 Å². The molecule has 3 N–H and O–H groups in total. The molecule has 2 saturated heterocycles. The van der Waals surface area contributed by atoms with Crippen molar-refractivity contribution in [3.63, 3.8) is 0 Å². The molecule has 0 aromatic heterocycles. The quantitative estimate of drug-likeness (QED) is 0.567. The van der Waals surface area contributed by atoms with Crippen LogP contribution in [0, 0.1) is 11.8 Å². The van der Waals surface area contributed by atoms with E-state index in [9.17, 15) is 9.59 Å². The number of aliphatic imine (C=N–C) groups is 1. The van der Waals surface area contributed by atoms with Gasteiger partial charge in [-0.1, -0.05) is 38.1 Å². The molecule has 0 aliphatic carbocycles. The Morgan fingerprint density at radius 2 is 2.06 bits per heavy atom. The lowest BCUT2D eigenvalue weighted by Crippen LogP contribution is -2.54. The van der Waals surface area contributed by atoms with E-state index in [0.717, 1.165) is 63.2 Å². The van der Waals surface area contributed by atoms with Gasteiger partial charge in [-0.05, 0) is 64.6 Å². The fraction of sp³-hybridized carbons (Fsp3) is 0.800. The number of thioether (sulfide) groups is 1. The number of nitrogens with two attached hydrogens (primary N) is 1. The number of hydrogen-bond donors (Lipinski definition) is 2. The van der Waals surface area contributed by atoms with Crippen molar-refractivity contribution >= 4 is 28.9 Å². The summed E-state index contributed by atoms with van der Waals surface area (Å²) in [5, 5.41) is 3.60. The molecule has 3 aliphatic heterocycles. The number of amides is 3. The second kappa shape index (κ2) is 13.5. The summed E-state index contributed by atoms with van der Waals surface area (Å²) >= 11 is 1.58. The molecule has 3 amide bonds. The number of amidine groups is 1. The van der Waals surface area contributed by atoms with Crippen LogP contribution in [-0.4, -0.2) is 89.9 Å². The van der Waals surface area contributed by atoms with Crippen molar-refractivity contribution in [2.45, 2.75) is 64.3 Å². The summed E-state index contributed by atoms with van der Waals surface area (Å²) in [6.45, 7) is 11.0. The predicted molar refractivity (Wildman–Crippen MR) is 141 cm³/mol. The number of allylic oxidation sites excluding steroid dienone is 1. The molecule has 3 aliphatic rings. The van der Waals surface area contributed by atoms with Crippen molar-refractivity contribution in [2.24, 2.45) is 22.6 Å². The van der Waals surface area contributed by atoms with Crippen molar-refractivity contribution < 1.29 is 9.59 Å². The average Bonchev–Trinajstić information content (AvgIpc) is 2.87. The van der Waals surface area contributed by atoms with Gasteiger partial charge < -0.3 is 20.9 Å². The number of piperidine rings is 2. The highest BCUT2D eigenvalue weighted by Gasteiger charge is 2.40. The molecule has 0 bridgehead atoms. The lowest BCUT2D eigenvalue weighted by molar-refractivity contribution is -0.135. The molecular formula is C25H44N6O2S. The number of imide groups is 1. The molecule has 0 spiro atoms. The summed E-state index contributed by atoms with van der Waals surface area (Å²) in [4.78, 5) is 37.3. The summed E-state index contributed by atoms with van der Waals surface area (Å²) in [6.07, 6.45) is 8.02. The van der Waals surface area contributed by atoms with Crippen molar-refractivity contribution in [1.82, 2.24) is 20.0 Å². The zero-order valence-electron chi connectivity index (χ0n) is 21.1. The van der Waals surface area contributed by atoms with Gasteiger partial charge >= 0.3 is 6.03 Å². The molecule has 3 atom stereocenters. The Morgan fingerprint density at radius 1 is 1.29 bits per heavy atom. The maximum Gasteiger partial charge on any atom is 0.324 e. The number of likely N-dealkylation sites (tertiary alicyclic amines) is 2. The van der Waals surface area contributed by atoms with Crippen LogP contribution < -0.4 is 11.1 Å². The highest BCUT2D eigenvalue weighted by molar-refractivity contribution is 8.13. The first-order chi connectivity index (χ1) is 16.4. The summed E-state index contributed by atoms with van der Waals surface area (Å²) in [5.74, 6) is 0.954. The third-order valence-electron chi connectivity index (χ3n) is 7.38. The Bertz CT molecular complexity index is 739. The van der Waals surface area contributed by atoms with Gasteiger partial charge in [0.1, 0.15) is 0 Å². The first-order valence-corrected chi connectivity index (χ1v) is 14.0. The van der Waals surface area contributed by atoms with E-state index in [-0.39, 0.29) is 23.8 Å². The average molecular weight is 493 g/mol. The highest BCUT2D eigenvalue weighted by atomic mass is 32.2. The lowest BCUT2D eigenvalue weighted by atomic mass is 9.79. The van der Waals surface area contributed by atoms with E-state index in [1.54, 1.807) is 11.8 Å². The molecule has 34 heavy (non-hydrogen) atoms. The fourth-order valence-corrected chi connectivity index (χ4v) is 6.32. The maximum absolute atomic E-state index is 13.6. The van der Waals surface area contributed by atoms with Crippen LogP contribution in [0.15, 0.2) is 17.3 Å². The molecule has 192 valence electrons. The second-order valence-electron chi connectivity index (χ2n) is 10.0. The van der Waals surface area contributed by atoms with Gasteiger partial charge in [0, 0.05) is 43.7 Å². The van der Waals surface area contributed by atoms with E-state index in [1.165, 1.54) is 24.2 Å². The number of carbonyl (C=O) groups excluding carboxylic acids is 2. The number of fused-ring (bicyclic) bond motifs is 1. The van der Waals surface area contributed by atoms with E-state index >= 15 is 0 Å². The van der Waals surface area contributed by atoms with E-state index < -0.39 is 0 Å². The standard InChI is InChI=1S/C25H44N6O2S/c1-4-5-13-31(25(33)27-10-14-30-11-7-6-8-12-30)23(32)21-17-20-16-19(2)28-24(26)34-15-9-22(20)29(3)18-21/h20-22H,2,4-18H2,1,3H3,(H2,26,28)(H,27,33)/t20-,21+,22+/m0/s1. The summed E-state index contributed by atoms with van der Waals surface area (Å²) in [7, 11) is 2.10. The molecule has 0 aromatic rings. The monoisotopic (exact) mass is 492 g/mol. The van der Waals surface area contributed by atoms with E-state index in [0.29, 0.717) is 30.8 Å². The van der Waals surface area contributed by atoms with Gasteiger partial charge in [0.15, 0.2) is 5.17 Å². The minimum Gasteiger partial charge on any atom is -0.378 e. The Hall–Kier alpha value is -1.58. The van der Waals surface area contributed by atoms with Gasteiger partial charge in [0.25, 0.3) is 0 Å². The van der Waals surface area contributed by atoms with Gasteiger partial charge in [0.2, 0.25) is 5.91 Å². The van der Waals surface area contributed by atoms with Crippen molar-refractivity contribution in [2.75, 3.05) is 52.1 Å². The Kier molecular flexibility index (Phi) is 10.7. The number of nitrogens with zero attached hydrogens (tertiary/aromatic N) is 4. The fourth-order valence-electron chi connectivity index (χ4n) is 5.56. The molecule has 3 rings (SSSR count). The smallest absolute Gasteiger partial charge is 0.324 e. The van der Waals surface area contributed by atoms with Crippen LogP contribution in [0.5, 0.6) is 0 Å². The van der Waals surface area contributed by atoms with Crippen LogP contribution in [0.3, 0.4) is 0 Å². The van der Waals surface area contributed by atoms with Crippen LogP contribution in [0.1, 0.15) is 58.3 Å². The largest absolute Gasteiger partial charge is 0.378 e. The first-order valence-electron chi connectivity index (χ1n) is 13.1. The first kappa shape index (κ1) is 27.0. The molecule has 0 aromatic carbocycles. The van der Waals surface area contributed by atoms with Gasteiger partial charge in [-0.25, -0.2) is 9.79 Å². The van der Waals surface area contributed by atoms with Crippen molar-refractivity contribution in [1.29, 1.82) is 0 Å². The SMILES string of the molecule is C=C1C[C@H]2C[C@@H](C(=O)N(CCCC)C(=O)NCCN3CCCCC3)CN(C)[C@@H]2CCSC(N)=N1. The summed E-state index contributed by atoms with van der Waals surface area (Å²) in [5.41, 5.74) is 6.78. The van der Waals surface area contributed by atoms with Gasteiger partial charge in [-0.15, -0.1) is 0 Å². The topological polar surface area (TPSA) is 94.3 Å². The maximum atomic E-state index is 13.6. The number of nitrogens with one attached hydrogen (secondary N) is 1.